The van der Waals surface area contributed by atoms with Crippen LogP contribution in [-0.2, 0) is 20.0 Å². The van der Waals surface area contributed by atoms with Gasteiger partial charge in [0.2, 0.25) is 0 Å². The number of hydrogen-bond donors (Lipinski definition) is 2. The molecule has 21 heavy (non-hydrogen) atoms. The Morgan fingerprint density at radius 1 is 1.10 bits per heavy atom. The number of aromatic nitrogens is 5. The molecule has 0 atom stereocenters. The van der Waals surface area contributed by atoms with Gasteiger partial charge in [0.25, 0.3) is 0 Å². The number of rotatable bonds is 7. The Morgan fingerprint density at radius 2 is 1.81 bits per heavy atom. The minimum Gasteiger partial charge on any atom is -0.370 e. The first-order valence-corrected chi connectivity index (χ1v) is 7.33. The standard InChI is InChI=1S/C14H23N7/c1-5-7-15-13-10(3)14(19-11(6-2)18-13)16-8-12-17-9-21(4)20-12/h9H,5-8H2,1-4H3,(H2,15,16,18,19). The first kappa shape index (κ1) is 15.2. The van der Waals surface area contributed by atoms with Gasteiger partial charge in [0.1, 0.15) is 23.8 Å². The lowest BCUT2D eigenvalue weighted by Crippen LogP contribution is -2.12. The van der Waals surface area contributed by atoms with E-state index in [0.717, 1.165) is 48.2 Å². The average Bonchev–Trinajstić information content (AvgIpc) is 2.90. The zero-order valence-corrected chi connectivity index (χ0v) is 13.1. The molecule has 0 aliphatic heterocycles. The van der Waals surface area contributed by atoms with Crippen LogP contribution < -0.4 is 10.6 Å². The third-order valence-corrected chi connectivity index (χ3v) is 3.11. The van der Waals surface area contributed by atoms with Crippen LogP contribution in [-0.4, -0.2) is 31.3 Å². The molecular weight excluding hydrogens is 266 g/mol. The highest BCUT2D eigenvalue weighted by molar-refractivity contribution is 5.57. The maximum absolute atomic E-state index is 4.56. The molecule has 2 heterocycles. The number of nitrogens with one attached hydrogen (secondary N) is 2. The second kappa shape index (κ2) is 7.01. The topological polar surface area (TPSA) is 80.5 Å². The fraction of sp³-hybridized carbons (Fsp3) is 0.571. The summed E-state index contributed by atoms with van der Waals surface area (Å²) in [5.74, 6) is 3.32. The fourth-order valence-electron chi connectivity index (χ4n) is 1.94. The molecule has 7 nitrogen and oxygen atoms in total. The van der Waals surface area contributed by atoms with Gasteiger partial charge >= 0.3 is 0 Å². The van der Waals surface area contributed by atoms with E-state index in [1.54, 1.807) is 11.0 Å². The van der Waals surface area contributed by atoms with Gasteiger partial charge in [-0.3, -0.25) is 4.68 Å². The van der Waals surface area contributed by atoms with Gasteiger partial charge in [-0.1, -0.05) is 13.8 Å². The summed E-state index contributed by atoms with van der Waals surface area (Å²) in [6.45, 7) is 7.66. The molecule has 2 rings (SSSR count). The van der Waals surface area contributed by atoms with Crippen molar-refractivity contribution in [3.8, 4) is 0 Å². The van der Waals surface area contributed by atoms with E-state index in [0.29, 0.717) is 6.54 Å². The van der Waals surface area contributed by atoms with Crippen LogP contribution in [0.25, 0.3) is 0 Å². The van der Waals surface area contributed by atoms with Crippen molar-refractivity contribution in [1.82, 2.24) is 24.7 Å². The summed E-state index contributed by atoms with van der Waals surface area (Å²) in [7, 11) is 1.86. The minimum absolute atomic E-state index is 0.551. The first-order chi connectivity index (χ1) is 10.1. The summed E-state index contributed by atoms with van der Waals surface area (Å²) in [6, 6.07) is 0. The van der Waals surface area contributed by atoms with Crippen LogP contribution in [0.5, 0.6) is 0 Å². The van der Waals surface area contributed by atoms with Crippen LogP contribution in [0.1, 0.15) is 37.5 Å². The van der Waals surface area contributed by atoms with Crippen molar-refractivity contribution >= 4 is 11.6 Å². The van der Waals surface area contributed by atoms with Gasteiger partial charge in [-0.05, 0) is 13.3 Å². The zero-order valence-electron chi connectivity index (χ0n) is 13.1. The minimum atomic E-state index is 0.551. The van der Waals surface area contributed by atoms with Gasteiger partial charge in [-0.15, -0.1) is 0 Å². The SMILES string of the molecule is CCCNc1nc(CC)nc(NCc2ncn(C)n2)c1C. The van der Waals surface area contributed by atoms with Crippen molar-refractivity contribution in [3.63, 3.8) is 0 Å². The summed E-state index contributed by atoms with van der Waals surface area (Å²) in [4.78, 5) is 13.3. The summed E-state index contributed by atoms with van der Waals surface area (Å²) in [6.07, 6.45) is 3.55. The molecule has 7 heteroatoms. The average molecular weight is 289 g/mol. The normalized spacial score (nSPS) is 10.7. The summed E-state index contributed by atoms with van der Waals surface area (Å²) < 4.78 is 1.69. The lowest BCUT2D eigenvalue weighted by Gasteiger charge is -2.14. The van der Waals surface area contributed by atoms with Crippen LogP contribution in [0.3, 0.4) is 0 Å². The molecule has 0 fully saturated rings. The van der Waals surface area contributed by atoms with Gasteiger partial charge in [0.05, 0.1) is 6.54 Å². The maximum atomic E-state index is 4.56. The lowest BCUT2D eigenvalue weighted by atomic mass is 10.2. The predicted octanol–water partition coefficient (Wildman–Crippen LogP) is 1.91. The highest BCUT2D eigenvalue weighted by Gasteiger charge is 2.10. The molecule has 0 saturated heterocycles. The van der Waals surface area contributed by atoms with E-state index >= 15 is 0 Å². The molecule has 2 aromatic rings. The van der Waals surface area contributed by atoms with E-state index < -0.39 is 0 Å². The van der Waals surface area contributed by atoms with Crippen LogP contribution in [0.15, 0.2) is 6.33 Å². The van der Waals surface area contributed by atoms with E-state index in [1.807, 2.05) is 14.0 Å². The van der Waals surface area contributed by atoms with Gasteiger partial charge in [0, 0.05) is 25.6 Å². The van der Waals surface area contributed by atoms with Crippen molar-refractivity contribution in [2.45, 2.75) is 40.2 Å². The summed E-state index contributed by atoms with van der Waals surface area (Å²) in [5, 5.41) is 10.9. The number of hydrogen-bond acceptors (Lipinski definition) is 6. The third-order valence-electron chi connectivity index (χ3n) is 3.11. The van der Waals surface area contributed by atoms with Crippen LogP contribution >= 0.6 is 0 Å². The Labute approximate surface area is 125 Å². The van der Waals surface area contributed by atoms with E-state index in [-0.39, 0.29) is 0 Å². The highest BCUT2D eigenvalue weighted by Crippen LogP contribution is 2.20. The molecule has 2 aromatic heterocycles. The molecule has 0 aromatic carbocycles. The van der Waals surface area contributed by atoms with E-state index in [1.165, 1.54) is 0 Å². The van der Waals surface area contributed by atoms with Crippen LogP contribution in [0.2, 0.25) is 0 Å². The molecule has 0 unspecified atom stereocenters. The van der Waals surface area contributed by atoms with E-state index in [4.69, 9.17) is 0 Å². The van der Waals surface area contributed by atoms with Gasteiger partial charge < -0.3 is 10.6 Å². The monoisotopic (exact) mass is 289 g/mol. The molecule has 0 saturated carbocycles. The number of nitrogens with zero attached hydrogens (tertiary/aromatic N) is 5. The second-order valence-corrected chi connectivity index (χ2v) is 4.93. The second-order valence-electron chi connectivity index (χ2n) is 4.93. The zero-order chi connectivity index (χ0) is 15.2. The van der Waals surface area contributed by atoms with Crippen molar-refractivity contribution in [1.29, 1.82) is 0 Å². The van der Waals surface area contributed by atoms with E-state index in [9.17, 15) is 0 Å². The molecule has 0 bridgehead atoms. The smallest absolute Gasteiger partial charge is 0.169 e. The van der Waals surface area contributed by atoms with Gasteiger partial charge in [-0.25, -0.2) is 15.0 Å². The maximum Gasteiger partial charge on any atom is 0.169 e. The first-order valence-electron chi connectivity index (χ1n) is 7.33. The van der Waals surface area contributed by atoms with Crippen molar-refractivity contribution < 1.29 is 0 Å². The van der Waals surface area contributed by atoms with Crippen molar-refractivity contribution in [3.05, 3.63) is 23.5 Å². The van der Waals surface area contributed by atoms with Crippen molar-refractivity contribution in [2.24, 2.45) is 7.05 Å². The van der Waals surface area contributed by atoms with Gasteiger partial charge in [0.15, 0.2) is 5.82 Å². The molecular formula is C14H23N7. The summed E-state index contributed by atoms with van der Waals surface area (Å²) >= 11 is 0. The van der Waals surface area contributed by atoms with Crippen LogP contribution in [0, 0.1) is 6.92 Å². The van der Waals surface area contributed by atoms with Gasteiger partial charge in [-0.2, -0.15) is 5.10 Å². The molecule has 2 N–H and O–H groups in total. The number of aryl methyl sites for hydroxylation is 2. The predicted molar refractivity (Wildman–Crippen MR) is 83.3 cm³/mol. The van der Waals surface area contributed by atoms with E-state index in [2.05, 4.69) is 44.5 Å². The molecule has 114 valence electrons. The Balaban J connectivity index is 2.16. The lowest BCUT2D eigenvalue weighted by molar-refractivity contribution is 0.746. The largest absolute Gasteiger partial charge is 0.370 e. The molecule has 0 radical (unpaired) electrons. The Bertz CT molecular complexity index is 591. The molecule has 0 aliphatic carbocycles. The summed E-state index contributed by atoms with van der Waals surface area (Å²) in [5.41, 5.74) is 1.02. The Morgan fingerprint density at radius 3 is 2.38 bits per heavy atom. The highest BCUT2D eigenvalue weighted by atomic mass is 15.3. The number of anilines is 2. The van der Waals surface area contributed by atoms with Crippen LogP contribution in [0.4, 0.5) is 11.6 Å². The molecule has 0 spiro atoms. The quantitative estimate of drug-likeness (QED) is 0.810. The molecule has 0 amide bonds. The Hall–Kier alpha value is -2.18. The third kappa shape index (κ3) is 3.90. The van der Waals surface area contributed by atoms with Crippen molar-refractivity contribution in [2.75, 3.05) is 17.2 Å². The molecule has 0 aliphatic rings. The fourth-order valence-corrected chi connectivity index (χ4v) is 1.94. The Kier molecular flexibility index (Phi) is 5.08.